The van der Waals surface area contributed by atoms with E-state index in [4.69, 9.17) is 0 Å². The lowest BCUT2D eigenvalue weighted by atomic mass is 10.1. The van der Waals surface area contributed by atoms with Gasteiger partial charge >= 0.3 is 6.36 Å². The van der Waals surface area contributed by atoms with E-state index < -0.39 is 6.36 Å². The van der Waals surface area contributed by atoms with Crippen molar-refractivity contribution in [2.75, 3.05) is 5.32 Å². The largest absolute Gasteiger partial charge is 0.573 e. The van der Waals surface area contributed by atoms with Gasteiger partial charge in [0.25, 0.3) is 0 Å². The summed E-state index contributed by atoms with van der Waals surface area (Å²) in [6.07, 6.45) is -1.29. The summed E-state index contributed by atoms with van der Waals surface area (Å²) in [5.41, 5.74) is 0.806. The number of ether oxygens (including phenoxy) is 1. The van der Waals surface area contributed by atoms with E-state index in [9.17, 15) is 13.2 Å². The highest BCUT2D eigenvalue weighted by molar-refractivity contribution is 9.10. The number of alkyl halides is 3. The van der Waals surface area contributed by atoms with Gasteiger partial charge in [0.05, 0.1) is 4.47 Å². The smallest absolute Gasteiger partial charge is 0.405 e. The number of anilines is 1. The second kappa shape index (κ2) is 5.61. The Morgan fingerprint density at radius 1 is 1.32 bits per heavy atom. The molecule has 1 aromatic carbocycles. The summed E-state index contributed by atoms with van der Waals surface area (Å²) in [6.45, 7) is 2.21. The van der Waals surface area contributed by atoms with Crippen LogP contribution in [-0.4, -0.2) is 12.4 Å². The van der Waals surface area contributed by atoms with Crippen LogP contribution >= 0.6 is 15.9 Å². The summed E-state index contributed by atoms with van der Waals surface area (Å²) in [4.78, 5) is 0. The maximum atomic E-state index is 12.1. The second-order valence-corrected chi connectivity index (χ2v) is 5.81. The molecule has 19 heavy (non-hydrogen) atoms. The minimum absolute atomic E-state index is 0.224. The molecule has 6 heteroatoms. The molecule has 1 aliphatic carbocycles. The van der Waals surface area contributed by atoms with Gasteiger partial charge in [0, 0.05) is 11.7 Å². The molecule has 2 unspecified atom stereocenters. The third-order valence-corrected chi connectivity index (χ3v) is 3.84. The van der Waals surface area contributed by atoms with Crippen LogP contribution in [-0.2, 0) is 0 Å². The van der Waals surface area contributed by atoms with Crippen molar-refractivity contribution < 1.29 is 17.9 Å². The lowest BCUT2D eigenvalue weighted by Gasteiger charge is -2.16. The number of rotatable bonds is 3. The molecule has 2 nitrogen and oxygen atoms in total. The zero-order valence-electron chi connectivity index (χ0n) is 10.4. The summed E-state index contributed by atoms with van der Waals surface area (Å²) >= 11 is 3.10. The molecule has 1 N–H and O–H groups in total. The summed E-state index contributed by atoms with van der Waals surface area (Å²) in [5.74, 6) is 0.478. The molecule has 2 atom stereocenters. The van der Waals surface area contributed by atoms with Gasteiger partial charge in [0.15, 0.2) is 0 Å². The minimum Gasteiger partial charge on any atom is -0.405 e. The molecule has 1 saturated carbocycles. The molecular weight excluding hydrogens is 323 g/mol. The van der Waals surface area contributed by atoms with Gasteiger partial charge in [-0.3, -0.25) is 0 Å². The van der Waals surface area contributed by atoms with E-state index in [0.717, 1.165) is 18.5 Å². The highest BCUT2D eigenvalue weighted by Gasteiger charge is 2.32. The van der Waals surface area contributed by atoms with Gasteiger partial charge in [-0.15, -0.1) is 13.2 Å². The Morgan fingerprint density at radius 3 is 2.58 bits per heavy atom. The average Bonchev–Trinajstić information content (AvgIpc) is 2.66. The first-order chi connectivity index (χ1) is 8.83. The van der Waals surface area contributed by atoms with Gasteiger partial charge in [-0.2, -0.15) is 0 Å². The summed E-state index contributed by atoms with van der Waals surface area (Å²) in [7, 11) is 0. The van der Waals surface area contributed by atoms with E-state index in [2.05, 4.69) is 32.9 Å². The Bertz CT molecular complexity index is 450. The maximum Gasteiger partial charge on any atom is 0.573 e. The number of hydrogen-bond donors (Lipinski definition) is 1. The van der Waals surface area contributed by atoms with Crippen molar-refractivity contribution in [2.24, 2.45) is 5.92 Å². The molecule has 0 spiro atoms. The Kier molecular flexibility index (Phi) is 4.28. The fourth-order valence-corrected chi connectivity index (χ4v) is 2.83. The zero-order valence-corrected chi connectivity index (χ0v) is 12.0. The highest BCUT2D eigenvalue weighted by Crippen LogP contribution is 2.34. The van der Waals surface area contributed by atoms with E-state index >= 15 is 0 Å². The summed E-state index contributed by atoms with van der Waals surface area (Å²) in [5, 5.41) is 3.34. The van der Waals surface area contributed by atoms with Gasteiger partial charge < -0.3 is 10.1 Å². The van der Waals surface area contributed by atoms with E-state index in [1.54, 1.807) is 12.1 Å². The van der Waals surface area contributed by atoms with Crippen LogP contribution in [0.2, 0.25) is 0 Å². The van der Waals surface area contributed by atoms with E-state index in [1.807, 2.05) is 0 Å². The number of hydrogen-bond acceptors (Lipinski definition) is 2. The molecule has 1 aromatic rings. The Hall–Kier alpha value is -0.910. The van der Waals surface area contributed by atoms with Crippen molar-refractivity contribution in [1.29, 1.82) is 0 Å². The lowest BCUT2D eigenvalue weighted by molar-refractivity contribution is -0.274. The van der Waals surface area contributed by atoms with Crippen LogP contribution in [0.1, 0.15) is 26.2 Å². The Morgan fingerprint density at radius 2 is 2.05 bits per heavy atom. The van der Waals surface area contributed by atoms with Crippen LogP contribution in [0.5, 0.6) is 5.75 Å². The molecule has 0 aromatic heterocycles. The van der Waals surface area contributed by atoms with Gasteiger partial charge in [0.1, 0.15) is 5.75 Å². The van der Waals surface area contributed by atoms with Gasteiger partial charge in [-0.05, 0) is 59.3 Å². The number of benzene rings is 1. The monoisotopic (exact) mass is 337 g/mol. The van der Waals surface area contributed by atoms with Crippen LogP contribution < -0.4 is 10.1 Å². The summed E-state index contributed by atoms with van der Waals surface area (Å²) < 4.78 is 40.6. The van der Waals surface area contributed by atoms with Crippen LogP contribution in [0.4, 0.5) is 18.9 Å². The predicted molar refractivity (Wildman–Crippen MR) is 71.3 cm³/mol. The molecule has 0 heterocycles. The minimum atomic E-state index is -4.67. The fraction of sp³-hybridized carbons (Fsp3) is 0.538. The Labute approximate surface area is 118 Å². The van der Waals surface area contributed by atoms with Crippen molar-refractivity contribution in [1.82, 2.24) is 0 Å². The third-order valence-electron chi connectivity index (χ3n) is 3.22. The van der Waals surface area contributed by atoms with Crippen molar-refractivity contribution in [3.63, 3.8) is 0 Å². The molecule has 0 aliphatic heterocycles. The van der Waals surface area contributed by atoms with E-state index in [0.29, 0.717) is 16.4 Å². The molecule has 0 amide bonds. The molecule has 106 valence electrons. The lowest BCUT2D eigenvalue weighted by Crippen LogP contribution is -2.18. The quantitative estimate of drug-likeness (QED) is 0.842. The molecular formula is C13H15BrF3NO. The van der Waals surface area contributed by atoms with Crippen LogP contribution in [0.3, 0.4) is 0 Å². The third kappa shape index (κ3) is 4.30. The van der Waals surface area contributed by atoms with Crippen LogP contribution in [0.25, 0.3) is 0 Å². The van der Waals surface area contributed by atoms with Gasteiger partial charge in [-0.1, -0.05) is 6.92 Å². The van der Waals surface area contributed by atoms with Gasteiger partial charge in [0.2, 0.25) is 0 Å². The molecule has 1 aliphatic rings. The normalized spacial score (nSPS) is 23.4. The van der Waals surface area contributed by atoms with Crippen molar-refractivity contribution >= 4 is 21.6 Å². The van der Waals surface area contributed by atoms with Crippen molar-refractivity contribution in [2.45, 2.75) is 38.6 Å². The number of halogens is 4. The molecule has 2 rings (SSSR count). The first-order valence-electron chi connectivity index (χ1n) is 6.15. The summed E-state index contributed by atoms with van der Waals surface area (Å²) in [6, 6.07) is 4.94. The van der Waals surface area contributed by atoms with Crippen LogP contribution in [0, 0.1) is 5.92 Å². The van der Waals surface area contributed by atoms with Crippen molar-refractivity contribution in [3.05, 3.63) is 22.7 Å². The molecule has 0 radical (unpaired) electrons. The number of nitrogens with one attached hydrogen (secondary N) is 1. The molecule has 0 saturated heterocycles. The molecule has 1 fully saturated rings. The first-order valence-corrected chi connectivity index (χ1v) is 6.94. The first kappa shape index (κ1) is 14.5. The SMILES string of the molecule is CC1CCC(Nc2ccc(OC(F)(F)F)c(Br)c2)C1. The maximum absolute atomic E-state index is 12.1. The Balaban J connectivity index is 2.02. The second-order valence-electron chi connectivity index (χ2n) is 4.95. The van der Waals surface area contributed by atoms with Crippen LogP contribution in [0.15, 0.2) is 22.7 Å². The predicted octanol–water partition coefficient (Wildman–Crippen LogP) is 4.95. The molecule has 0 bridgehead atoms. The average molecular weight is 338 g/mol. The fourth-order valence-electron chi connectivity index (χ4n) is 2.37. The van der Waals surface area contributed by atoms with E-state index in [-0.39, 0.29) is 5.75 Å². The van der Waals surface area contributed by atoms with Gasteiger partial charge in [-0.25, -0.2) is 0 Å². The highest BCUT2D eigenvalue weighted by atomic mass is 79.9. The van der Waals surface area contributed by atoms with Crippen molar-refractivity contribution in [3.8, 4) is 5.75 Å². The standard InChI is InChI=1S/C13H15BrF3NO/c1-8-2-3-9(6-8)18-10-4-5-12(11(14)7-10)19-13(15,16)17/h4-5,7-9,18H,2-3,6H2,1H3. The topological polar surface area (TPSA) is 21.3 Å². The zero-order chi connectivity index (χ0) is 14.0. The van der Waals surface area contributed by atoms with E-state index in [1.165, 1.54) is 12.5 Å².